The van der Waals surface area contributed by atoms with Crippen LogP contribution in [0.4, 0.5) is 0 Å². The Kier molecular flexibility index (Phi) is 6.73. The van der Waals surface area contributed by atoms with Crippen molar-refractivity contribution in [1.82, 2.24) is 0 Å². The number of benzene rings is 1. The molecule has 12 heteroatoms. The third-order valence-electron chi connectivity index (χ3n) is 3.16. The number of hydrogen-bond donors (Lipinski definition) is 2. The predicted octanol–water partition coefficient (Wildman–Crippen LogP) is 4.85. The van der Waals surface area contributed by atoms with Crippen LogP contribution in [0.15, 0.2) is 37.9 Å². The van der Waals surface area contributed by atoms with Crippen molar-refractivity contribution < 1.29 is 23.9 Å². The molecular weight excluding hydrogens is 479 g/mol. The van der Waals surface area contributed by atoms with Crippen LogP contribution >= 0.6 is 72.3 Å². The van der Waals surface area contributed by atoms with Crippen molar-refractivity contribution in [3.63, 3.8) is 0 Å². The van der Waals surface area contributed by atoms with E-state index in [1.807, 2.05) is 6.92 Å². The standard InChI is InChI=1S/C16H9NO5S6/c1-5(23)15-25-11-9(21-6(2)19)12-14(28-16(27-12)7(24)4-18)10(13(11)26-15)22-8(20)3-17/h4,23-24H,1-2H3/b15-5-,16-7+. The van der Waals surface area contributed by atoms with Crippen molar-refractivity contribution in [3.8, 4) is 17.6 Å². The lowest BCUT2D eigenvalue weighted by atomic mass is 10.3. The zero-order valence-corrected chi connectivity index (χ0v) is 19.1. The topological polar surface area (TPSA) is 93.5 Å². The second-order valence-electron chi connectivity index (χ2n) is 5.14. The molecule has 144 valence electrons. The van der Waals surface area contributed by atoms with Crippen LogP contribution in [0.5, 0.6) is 11.5 Å². The van der Waals surface area contributed by atoms with Crippen LogP contribution in [0.1, 0.15) is 13.8 Å². The van der Waals surface area contributed by atoms with Gasteiger partial charge in [-0.05, 0) is 11.8 Å². The van der Waals surface area contributed by atoms with E-state index in [1.165, 1.54) is 48.3 Å². The summed E-state index contributed by atoms with van der Waals surface area (Å²) in [5.74, 6) is -1.08. The van der Waals surface area contributed by atoms with Crippen LogP contribution in [-0.2, 0) is 14.4 Å². The van der Waals surface area contributed by atoms with Crippen LogP contribution in [0, 0.1) is 11.3 Å². The normalized spacial score (nSPS) is 18.0. The summed E-state index contributed by atoms with van der Waals surface area (Å²) < 4.78 is 12.2. The van der Waals surface area contributed by atoms with Gasteiger partial charge in [-0.3, -0.25) is 9.59 Å². The minimum Gasteiger partial charge on any atom is -0.424 e. The molecule has 0 amide bonds. The smallest absolute Gasteiger partial charge is 0.416 e. The first-order chi connectivity index (χ1) is 13.3. The van der Waals surface area contributed by atoms with Crippen molar-refractivity contribution >= 4 is 90.5 Å². The SMILES string of the molecule is CC(=O)Oc1c2c(c(OC(=O)C#N)c3c1S/C(=C(\S)C=O)S3)S/C(=C(/C)S)S2. The molecule has 0 N–H and O–H groups in total. The van der Waals surface area contributed by atoms with Crippen molar-refractivity contribution in [2.24, 2.45) is 0 Å². The van der Waals surface area contributed by atoms with Crippen molar-refractivity contribution in [2.75, 3.05) is 0 Å². The average Bonchev–Trinajstić information content (AvgIpc) is 3.28. The highest BCUT2D eigenvalue weighted by molar-refractivity contribution is 8.26. The number of allylic oxidation sites excluding steroid dienone is 2. The Bertz CT molecular complexity index is 1040. The van der Waals surface area contributed by atoms with Crippen molar-refractivity contribution in [1.29, 1.82) is 5.26 Å². The van der Waals surface area contributed by atoms with Gasteiger partial charge in [0, 0.05) is 6.92 Å². The second-order valence-corrected chi connectivity index (χ2v) is 10.9. The maximum Gasteiger partial charge on any atom is 0.416 e. The number of aldehydes is 1. The number of thiol groups is 2. The molecule has 0 aliphatic carbocycles. The second kappa shape index (κ2) is 8.73. The summed E-state index contributed by atoms with van der Waals surface area (Å²) in [7, 11) is 0. The number of carbonyl (C=O) groups excluding carboxylic acids is 3. The molecule has 3 rings (SSSR count). The summed E-state index contributed by atoms with van der Waals surface area (Å²) in [6.45, 7) is 3.10. The van der Waals surface area contributed by atoms with Gasteiger partial charge in [0.2, 0.25) is 0 Å². The zero-order valence-electron chi connectivity index (χ0n) is 14.1. The van der Waals surface area contributed by atoms with Crippen LogP contribution < -0.4 is 9.47 Å². The highest BCUT2D eigenvalue weighted by atomic mass is 32.2. The van der Waals surface area contributed by atoms with Gasteiger partial charge < -0.3 is 9.47 Å². The maximum atomic E-state index is 11.7. The molecule has 1 aromatic rings. The third kappa shape index (κ3) is 4.10. The number of hydrogen-bond acceptors (Lipinski definition) is 12. The van der Waals surface area contributed by atoms with Gasteiger partial charge in [-0.25, -0.2) is 4.79 Å². The Hall–Kier alpha value is -1.10. The van der Waals surface area contributed by atoms with E-state index in [-0.39, 0.29) is 10.7 Å². The van der Waals surface area contributed by atoms with Gasteiger partial charge in [0.15, 0.2) is 23.9 Å². The van der Waals surface area contributed by atoms with Crippen LogP contribution in [0.3, 0.4) is 0 Å². The van der Waals surface area contributed by atoms with Crippen molar-refractivity contribution in [2.45, 2.75) is 33.4 Å². The molecule has 2 aliphatic rings. The van der Waals surface area contributed by atoms with E-state index >= 15 is 0 Å². The minimum atomic E-state index is -1.07. The van der Waals surface area contributed by atoms with E-state index in [9.17, 15) is 14.4 Å². The largest absolute Gasteiger partial charge is 0.424 e. The fraction of sp³-hybridized carbons (Fsp3) is 0.125. The van der Waals surface area contributed by atoms with Crippen molar-refractivity contribution in [3.05, 3.63) is 18.3 Å². The molecule has 0 atom stereocenters. The lowest BCUT2D eigenvalue weighted by molar-refractivity contribution is -0.132. The van der Waals surface area contributed by atoms with Gasteiger partial charge in [-0.2, -0.15) is 5.26 Å². The lowest BCUT2D eigenvalue weighted by Gasteiger charge is -2.14. The first-order valence-electron chi connectivity index (χ1n) is 7.30. The number of carbonyl (C=O) groups is 3. The Balaban J connectivity index is 2.29. The lowest BCUT2D eigenvalue weighted by Crippen LogP contribution is -2.08. The number of thioether (sulfide) groups is 4. The van der Waals surface area contributed by atoms with E-state index in [0.717, 1.165) is 20.9 Å². The molecule has 28 heavy (non-hydrogen) atoms. The van der Waals surface area contributed by atoms with E-state index < -0.39 is 11.9 Å². The van der Waals surface area contributed by atoms with Crippen LogP contribution in [0.2, 0.25) is 0 Å². The fourth-order valence-corrected chi connectivity index (χ4v) is 7.69. The van der Waals surface area contributed by atoms with E-state index in [0.29, 0.717) is 35.9 Å². The molecule has 1 aromatic carbocycles. The summed E-state index contributed by atoms with van der Waals surface area (Å²) in [5.41, 5.74) is 0. The molecule has 0 aromatic heterocycles. The number of rotatable bonds is 3. The summed E-state index contributed by atoms with van der Waals surface area (Å²) in [6.07, 6.45) is 0.596. The van der Waals surface area contributed by atoms with Gasteiger partial charge in [-0.15, -0.1) is 25.3 Å². The number of fused-ring (bicyclic) bond motifs is 2. The zero-order chi connectivity index (χ0) is 20.6. The summed E-state index contributed by atoms with van der Waals surface area (Å²) in [5, 5.41) is 8.88. The number of ether oxygens (including phenoxy) is 2. The number of esters is 2. The summed E-state index contributed by atoms with van der Waals surface area (Å²) in [6, 6.07) is 1.43. The van der Waals surface area contributed by atoms with Gasteiger partial charge in [-0.1, -0.05) is 47.0 Å². The van der Waals surface area contributed by atoms with E-state index in [2.05, 4.69) is 25.3 Å². The Morgan fingerprint density at radius 2 is 1.39 bits per heavy atom. The molecule has 0 radical (unpaired) electrons. The average molecular weight is 488 g/mol. The van der Waals surface area contributed by atoms with Gasteiger partial charge >= 0.3 is 11.9 Å². The quantitative estimate of drug-likeness (QED) is 0.154. The molecule has 2 aliphatic heterocycles. The maximum absolute atomic E-state index is 11.7. The molecule has 0 unspecified atom stereocenters. The Morgan fingerprint density at radius 1 is 0.929 bits per heavy atom. The number of nitrogens with zero attached hydrogens (tertiary/aromatic N) is 1. The highest BCUT2D eigenvalue weighted by Gasteiger charge is 2.38. The van der Waals surface area contributed by atoms with Gasteiger partial charge in [0.05, 0.1) is 33.0 Å². The molecule has 0 spiro atoms. The molecule has 6 nitrogen and oxygen atoms in total. The Morgan fingerprint density at radius 3 is 1.79 bits per heavy atom. The van der Waals surface area contributed by atoms with E-state index in [1.54, 1.807) is 0 Å². The van der Waals surface area contributed by atoms with Gasteiger partial charge in [0.1, 0.15) is 0 Å². The van der Waals surface area contributed by atoms with Gasteiger partial charge in [0.25, 0.3) is 0 Å². The molecule has 0 saturated heterocycles. The highest BCUT2D eigenvalue weighted by Crippen LogP contribution is 2.68. The minimum absolute atomic E-state index is 0.189. The fourth-order valence-electron chi connectivity index (χ4n) is 2.15. The van der Waals surface area contributed by atoms with Crippen LogP contribution in [-0.4, -0.2) is 18.2 Å². The third-order valence-corrected chi connectivity index (χ3v) is 9.75. The monoisotopic (exact) mass is 487 g/mol. The summed E-state index contributed by atoms with van der Waals surface area (Å²) in [4.78, 5) is 37.7. The molecule has 0 bridgehead atoms. The van der Waals surface area contributed by atoms with Crippen LogP contribution in [0.25, 0.3) is 0 Å². The molecular formula is C16H9NO5S6. The molecule has 0 saturated carbocycles. The first kappa shape index (κ1) is 21.6. The number of nitriles is 1. The predicted molar refractivity (Wildman–Crippen MR) is 116 cm³/mol. The van der Waals surface area contributed by atoms with E-state index in [4.69, 9.17) is 14.7 Å². The molecule has 0 fully saturated rings. The molecule has 2 heterocycles. The Labute approximate surface area is 188 Å². The first-order valence-corrected chi connectivity index (χ1v) is 11.5. The summed E-state index contributed by atoms with van der Waals surface area (Å²) >= 11 is 13.5.